The predicted octanol–water partition coefficient (Wildman–Crippen LogP) is 11.4. The van der Waals surface area contributed by atoms with Gasteiger partial charge in [-0.1, -0.05) is 123 Å². The second-order valence-corrected chi connectivity index (χ2v) is 12.1. The van der Waals surface area contributed by atoms with Crippen LogP contribution in [0.25, 0.3) is 76.1 Å². The van der Waals surface area contributed by atoms with Crippen molar-refractivity contribution in [3.8, 4) is 22.3 Å². The maximum atomic E-state index is 2.47. The van der Waals surface area contributed by atoms with Crippen LogP contribution >= 0.6 is 0 Å². The van der Waals surface area contributed by atoms with Gasteiger partial charge in [-0.3, -0.25) is 0 Å². The minimum atomic E-state index is -0.0184. The zero-order chi connectivity index (χ0) is 27.3. The van der Waals surface area contributed by atoms with E-state index in [1.54, 1.807) is 0 Å². The van der Waals surface area contributed by atoms with Crippen molar-refractivity contribution >= 4 is 53.9 Å². The molecule has 0 aromatic heterocycles. The molecule has 9 rings (SSSR count). The molecule has 0 saturated heterocycles. The van der Waals surface area contributed by atoms with Crippen molar-refractivity contribution in [2.75, 3.05) is 0 Å². The minimum absolute atomic E-state index is 0.0184. The number of benzene rings is 8. The molecule has 0 saturated carbocycles. The van der Waals surface area contributed by atoms with Crippen molar-refractivity contribution in [3.05, 3.63) is 145 Å². The van der Waals surface area contributed by atoms with Gasteiger partial charge in [0.2, 0.25) is 0 Å². The lowest BCUT2D eigenvalue weighted by Crippen LogP contribution is -2.14. The summed E-state index contributed by atoms with van der Waals surface area (Å²) in [4.78, 5) is 0. The minimum Gasteiger partial charge on any atom is -0.0619 e. The molecule has 0 radical (unpaired) electrons. The predicted molar refractivity (Wildman–Crippen MR) is 177 cm³/mol. The summed E-state index contributed by atoms with van der Waals surface area (Å²) >= 11 is 0. The van der Waals surface area contributed by atoms with Gasteiger partial charge in [-0.25, -0.2) is 0 Å². The van der Waals surface area contributed by atoms with Crippen LogP contribution in [0, 0.1) is 0 Å². The molecule has 0 N–H and O–H groups in total. The highest BCUT2D eigenvalue weighted by Crippen LogP contribution is 2.50. The average Bonchev–Trinajstić information content (AvgIpc) is 3.25. The molecule has 0 atom stereocenters. The van der Waals surface area contributed by atoms with Gasteiger partial charge < -0.3 is 0 Å². The Kier molecular flexibility index (Phi) is 4.49. The van der Waals surface area contributed by atoms with Crippen LogP contribution in [0.1, 0.15) is 25.0 Å². The van der Waals surface area contributed by atoms with Crippen molar-refractivity contribution < 1.29 is 0 Å². The van der Waals surface area contributed by atoms with Gasteiger partial charge in [0.15, 0.2) is 0 Å². The Bertz CT molecular complexity index is 2390. The van der Waals surface area contributed by atoms with Crippen LogP contribution in [-0.4, -0.2) is 0 Å². The van der Waals surface area contributed by atoms with E-state index in [1.165, 1.54) is 87.2 Å². The van der Waals surface area contributed by atoms with Crippen LogP contribution in [0.15, 0.2) is 133 Å². The highest BCUT2D eigenvalue weighted by Gasteiger charge is 2.35. The summed E-state index contributed by atoms with van der Waals surface area (Å²) < 4.78 is 0. The van der Waals surface area contributed by atoms with Gasteiger partial charge in [0.25, 0.3) is 0 Å². The van der Waals surface area contributed by atoms with Gasteiger partial charge >= 0.3 is 0 Å². The molecule has 0 fully saturated rings. The van der Waals surface area contributed by atoms with Gasteiger partial charge in [-0.05, 0) is 112 Å². The number of fused-ring (bicyclic) bond motifs is 11. The van der Waals surface area contributed by atoms with Crippen molar-refractivity contribution in [3.63, 3.8) is 0 Å². The topological polar surface area (TPSA) is 0 Å². The summed E-state index contributed by atoms with van der Waals surface area (Å²) in [5, 5.41) is 13.0. The lowest BCUT2D eigenvalue weighted by molar-refractivity contribution is 0.661. The fraction of sp³-hybridized carbons (Fsp3) is 0.0732. The number of rotatable bonds is 1. The molecule has 0 heteroatoms. The van der Waals surface area contributed by atoms with E-state index in [9.17, 15) is 0 Å². The summed E-state index contributed by atoms with van der Waals surface area (Å²) in [7, 11) is 0. The van der Waals surface area contributed by atoms with Crippen molar-refractivity contribution in [1.29, 1.82) is 0 Å². The third-order valence-corrected chi connectivity index (χ3v) is 9.62. The maximum Gasteiger partial charge on any atom is 0.0159 e. The molecule has 192 valence electrons. The Morgan fingerprint density at radius 1 is 0.341 bits per heavy atom. The SMILES string of the molecule is CC1(C)c2ccccc2-c2cc3ccc4ccc(-c5cc6c7ccccc7ccc6c6ccccc56)cc4c3cc21. The van der Waals surface area contributed by atoms with E-state index >= 15 is 0 Å². The summed E-state index contributed by atoms with van der Waals surface area (Å²) in [5.41, 5.74) is 8.13. The maximum absolute atomic E-state index is 2.47. The van der Waals surface area contributed by atoms with Crippen LogP contribution < -0.4 is 0 Å². The van der Waals surface area contributed by atoms with E-state index in [1.807, 2.05) is 0 Å². The normalized spacial score (nSPS) is 13.8. The number of hydrogen-bond acceptors (Lipinski definition) is 0. The van der Waals surface area contributed by atoms with Crippen LogP contribution in [-0.2, 0) is 5.41 Å². The quantitative estimate of drug-likeness (QED) is 0.189. The largest absolute Gasteiger partial charge is 0.0619 e. The third kappa shape index (κ3) is 3.11. The fourth-order valence-electron chi connectivity index (χ4n) is 7.52. The molecule has 0 aliphatic heterocycles. The molecule has 1 aliphatic rings. The third-order valence-electron chi connectivity index (χ3n) is 9.62. The highest BCUT2D eigenvalue weighted by molar-refractivity contribution is 6.21. The molecular formula is C41H28. The smallest absolute Gasteiger partial charge is 0.0159 e. The van der Waals surface area contributed by atoms with Crippen LogP contribution in [0.3, 0.4) is 0 Å². The monoisotopic (exact) mass is 520 g/mol. The van der Waals surface area contributed by atoms with Gasteiger partial charge in [-0.2, -0.15) is 0 Å². The average molecular weight is 521 g/mol. The first-order chi connectivity index (χ1) is 20.1. The molecule has 0 amide bonds. The van der Waals surface area contributed by atoms with E-state index in [2.05, 4.69) is 147 Å². The highest BCUT2D eigenvalue weighted by atomic mass is 14.4. The number of hydrogen-bond donors (Lipinski definition) is 0. The molecule has 1 aliphatic carbocycles. The standard InChI is InChI=1S/C41H28/c1-41(2)39-14-8-7-13-33(39)38-22-28-18-16-26-15-17-27(21-34(26)36(28)24-40(38)41)35-23-37-29-10-4-3-9-25(29)19-20-32(37)30-11-5-6-12-31(30)35/h3-24H,1-2H3. The lowest BCUT2D eigenvalue weighted by atomic mass is 9.81. The summed E-state index contributed by atoms with van der Waals surface area (Å²) in [5.74, 6) is 0. The van der Waals surface area contributed by atoms with Crippen molar-refractivity contribution in [2.45, 2.75) is 19.3 Å². The first-order valence-corrected chi connectivity index (χ1v) is 14.5. The molecule has 8 aromatic rings. The molecule has 0 nitrogen and oxygen atoms in total. The molecule has 41 heavy (non-hydrogen) atoms. The molecule has 0 unspecified atom stereocenters. The fourth-order valence-corrected chi connectivity index (χ4v) is 7.52. The first kappa shape index (κ1) is 22.8. The van der Waals surface area contributed by atoms with Crippen molar-refractivity contribution in [1.82, 2.24) is 0 Å². The Morgan fingerprint density at radius 3 is 1.88 bits per heavy atom. The summed E-state index contributed by atoms with van der Waals surface area (Å²) in [6.45, 7) is 4.73. The van der Waals surface area contributed by atoms with E-state index in [0.717, 1.165) is 0 Å². The van der Waals surface area contributed by atoms with Crippen LogP contribution in [0.5, 0.6) is 0 Å². The van der Waals surface area contributed by atoms with Gasteiger partial charge in [0, 0.05) is 5.41 Å². The van der Waals surface area contributed by atoms with Crippen LogP contribution in [0.4, 0.5) is 0 Å². The second-order valence-electron chi connectivity index (χ2n) is 12.1. The van der Waals surface area contributed by atoms with Gasteiger partial charge in [-0.15, -0.1) is 0 Å². The molecule has 0 spiro atoms. The van der Waals surface area contributed by atoms with E-state index in [4.69, 9.17) is 0 Å². The van der Waals surface area contributed by atoms with E-state index in [-0.39, 0.29) is 5.41 Å². The summed E-state index contributed by atoms with van der Waals surface area (Å²) in [6.07, 6.45) is 0. The second kappa shape index (κ2) is 8.05. The lowest BCUT2D eigenvalue weighted by Gasteiger charge is -2.22. The first-order valence-electron chi connectivity index (χ1n) is 14.5. The van der Waals surface area contributed by atoms with Gasteiger partial charge in [0.1, 0.15) is 0 Å². The van der Waals surface area contributed by atoms with Crippen LogP contribution in [0.2, 0.25) is 0 Å². The Labute approximate surface area is 239 Å². The molecular weight excluding hydrogens is 492 g/mol. The van der Waals surface area contributed by atoms with Gasteiger partial charge in [0.05, 0.1) is 0 Å². The van der Waals surface area contributed by atoms with E-state index < -0.39 is 0 Å². The zero-order valence-electron chi connectivity index (χ0n) is 23.2. The zero-order valence-corrected chi connectivity index (χ0v) is 23.2. The molecule has 8 aromatic carbocycles. The Balaban J connectivity index is 1.34. The van der Waals surface area contributed by atoms with E-state index in [0.29, 0.717) is 0 Å². The summed E-state index contributed by atoms with van der Waals surface area (Å²) in [6, 6.07) is 50.0. The van der Waals surface area contributed by atoms with Crippen molar-refractivity contribution in [2.24, 2.45) is 0 Å². The molecule has 0 bridgehead atoms. The Morgan fingerprint density at radius 2 is 0.976 bits per heavy atom. The molecule has 0 heterocycles. The Hall–Kier alpha value is -4.94.